The van der Waals surface area contributed by atoms with E-state index < -0.39 is 6.16 Å². The van der Waals surface area contributed by atoms with Crippen molar-refractivity contribution < 1.29 is 15.0 Å². The van der Waals surface area contributed by atoms with E-state index in [-0.39, 0.29) is 107 Å². The molecule has 0 fully saturated rings. The monoisotopic (exact) mass is 328 g/mol. The molecule has 0 aliphatic carbocycles. The van der Waals surface area contributed by atoms with Crippen LogP contribution in [-0.2, 0) is 0 Å². The van der Waals surface area contributed by atoms with Crippen molar-refractivity contribution in [1.29, 1.82) is 0 Å². The number of rotatable bonds is 0. The van der Waals surface area contributed by atoms with Crippen LogP contribution in [0.15, 0.2) is 0 Å². The Morgan fingerprint density at radius 3 is 1.29 bits per heavy atom. The Bertz CT molecular complexity index is 37.9. The van der Waals surface area contributed by atoms with Crippen LogP contribution >= 0.6 is 12.4 Å². The molecular formula is CH7BaClO3Sr. The van der Waals surface area contributed by atoms with Gasteiger partial charge in [-0.1, -0.05) is 0 Å². The van der Waals surface area contributed by atoms with Gasteiger partial charge in [0, 0.05) is 0 Å². The number of hydrogen-bond donors (Lipinski definition) is 2. The Hall–Kier alpha value is 2.61. The van der Waals surface area contributed by atoms with E-state index in [0.717, 1.165) is 0 Å². The Labute approximate surface area is 125 Å². The molecule has 3 nitrogen and oxygen atoms in total. The summed E-state index contributed by atoms with van der Waals surface area (Å²) in [6.45, 7) is 0. The van der Waals surface area contributed by atoms with Crippen LogP contribution in [0.4, 0.5) is 4.79 Å². The molecule has 7 heavy (non-hydrogen) atoms. The predicted molar refractivity (Wildman–Crippen MR) is 35.0 cm³/mol. The molecule has 0 amide bonds. The summed E-state index contributed by atoms with van der Waals surface area (Å²) in [7, 11) is 0. The second-order valence-electron chi connectivity index (χ2n) is 0.283. The molecule has 0 aliphatic heterocycles. The maximum atomic E-state index is 8.56. The molecule has 0 aromatic carbocycles. The molecule has 0 unspecified atom stereocenters. The van der Waals surface area contributed by atoms with Crippen LogP contribution in [0, 0.1) is 0 Å². The molecule has 0 aliphatic rings. The van der Waals surface area contributed by atoms with Gasteiger partial charge < -0.3 is 10.2 Å². The minimum atomic E-state index is -1.83. The summed E-state index contributed by atoms with van der Waals surface area (Å²) in [6.07, 6.45) is -1.83. The summed E-state index contributed by atoms with van der Waals surface area (Å²) in [4.78, 5) is 8.56. The second-order valence-corrected chi connectivity index (χ2v) is 0.283. The van der Waals surface area contributed by atoms with Gasteiger partial charge in [0.1, 0.15) is 0 Å². The van der Waals surface area contributed by atoms with Gasteiger partial charge in [0.05, 0.1) is 0 Å². The summed E-state index contributed by atoms with van der Waals surface area (Å²) < 4.78 is 0. The van der Waals surface area contributed by atoms with E-state index in [4.69, 9.17) is 15.0 Å². The van der Waals surface area contributed by atoms with Crippen molar-refractivity contribution in [3.8, 4) is 0 Å². The van der Waals surface area contributed by atoms with Crippen LogP contribution in [-0.4, -0.2) is 111 Å². The summed E-state index contributed by atoms with van der Waals surface area (Å²) in [5.74, 6) is 0. The van der Waals surface area contributed by atoms with E-state index in [9.17, 15) is 0 Å². The van der Waals surface area contributed by atoms with Crippen molar-refractivity contribution in [2.75, 3.05) is 0 Å². The van der Waals surface area contributed by atoms with Crippen LogP contribution in [0.1, 0.15) is 0 Å². The van der Waals surface area contributed by atoms with Crippen molar-refractivity contribution in [2.24, 2.45) is 0 Å². The van der Waals surface area contributed by atoms with Crippen LogP contribution in [0.2, 0.25) is 0 Å². The van der Waals surface area contributed by atoms with E-state index in [2.05, 4.69) is 0 Å². The predicted octanol–water partition coefficient (Wildman–Crippen LogP) is -1.19. The first kappa shape index (κ1) is 22.6. The molecule has 6 heteroatoms. The van der Waals surface area contributed by atoms with E-state index >= 15 is 0 Å². The van der Waals surface area contributed by atoms with Gasteiger partial charge >= 0.3 is 101 Å². The molecule has 2 N–H and O–H groups in total. The first-order valence-electron chi connectivity index (χ1n) is 0.651. The van der Waals surface area contributed by atoms with Gasteiger partial charge in [0.25, 0.3) is 0 Å². The third-order valence-corrected chi connectivity index (χ3v) is 0. The van der Waals surface area contributed by atoms with E-state index in [1.165, 1.54) is 0 Å². The fourth-order valence-electron chi connectivity index (χ4n) is 0. The van der Waals surface area contributed by atoms with E-state index in [1.807, 2.05) is 0 Å². The molecule has 0 saturated carbocycles. The third-order valence-electron chi connectivity index (χ3n) is 0. The Morgan fingerprint density at radius 1 is 1.29 bits per heavy atom. The SMILES string of the molecule is Cl.O=C(O)O.[BaH2].[SrH2]. The Balaban J connectivity index is -0.0000000150. The van der Waals surface area contributed by atoms with Crippen LogP contribution in [0.25, 0.3) is 0 Å². The quantitative estimate of drug-likeness (QED) is 0.550. The van der Waals surface area contributed by atoms with Crippen LogP contribution in [0.3, 0.4) is 0 Å². The number of halogens is 1. The fourth-order valence-corrected chi connectivity index (χ4v) is 0. The molecule has 0 rings (SSSR count). The average molecular weight is 327 g/mol. The van der Waals surface area contributed by atoms with Gasteiger partial charge in [-0.2, -0.15) is 0 Å². The van der Waals surface area contributed by atoms with Crippen molar-refractivity contribution in [2.45, 2.75) is 0 Å². The van der Waals surface area contributed by atoms with Crippen molar-refractivity contribution >= 4 is 113 Å². The average Bonchev–Trinajstić information content (AvgIpc) is 0.811. The fraction of sp³-hybridized carbons (Fsp3) is 0. The Kier molecular flexibility index (Phi) is 51.2. The molecule has 0 aromatic heterocycles. The van der Waals surface area contributed by atoms with Gasteiger partial charge in [-0.05, 0) is 0 Å². The standard InChI is InChI=1S/CH2O3.Ba.ClH.Sr.4H/c2-1(3)4;;;;;;;/h(H2,2,3,4);;1H;;;;;. The normalized spacial score (nSPS) is 3.43. The zero-order chi connectivity index (χ0) is 3.58. The van der Waals surface area contributed by atoms with Crippen LogP contribution < -0.4 is 0 Å². The maximum absolute atomic E-state index is 8.56. The zero-order valence-electron chi connectivity index (χ0n) is 2.21. The molecule has 0 bridgehead atoms. The first-order chi connectivity index (χ1) is 1.73. The van der Waals surface area contributed by atoms with Gasteiger partial charge in [-0.25, -0.2) is 4.79 Å². The summed E-state index contributed by atoms with van der Waals surface area (Å²) >= 11 is 0. The molecule has 0 aromatic rings. The van der Waals surface area contributed by atoms with E-state index in [0.29, 0.717) is 0 Å². The first-order valence-corrected chi connectivity index (χ1v) is 0.651. The second kappa shape index (κ2) is 15.8. The van der Waals surface area contributed by atoms with Crippen LogP contribution in [0.5, 0.6) is 0 Å². The molecule has 0 spiro atoms. The van der Waals surface area contributed by atoms with Gasteiger partial charge in [-0.3, -0.25) is 0 Å². The molecule has 0 radical (unpaired) electrons. The molecule has 0 atom stereocenters. The number of carboxylic acid groups (broad SMARTS) is 2. The molecular weight excluding hydrogens is 320 g/mol. The molecule has 0 heterocycles. The summed E-state index contributed by atoms with van der Waals surface area (Å²) in [6, 6.07) is 0. The topological polar surface area (TPSA) is 57.5 Å². The Morgan fingerprint density at radius 2 is 1.29 bits per heavy atom. The number of hydrogen-bond acceptors (Lipinski definition) is 1. The molecule has 40 valence electrons. The summed E-state index contributed by atoms with van der Waals surface area (Å²) in [5.41, 5.74) is 0. The summed E-state index contributed by atoms with van der Waals surface area (Å²) in [5, 5.41) is 13.9. The van der Waals surface area contributed by atoms with E-state index in [1.54, 1.807) is 0 Å². The van der Waals surface area contributed by atoms with Crippen molar-refractivity contribution in [1.82, 2.24) is 0 Å². The van der Waals surface area contributed by atoms with Gasteiger partial charge in [-0.15, -0.1) is 12.4 Å². The van der Waals surface area contributed by atoms with Crippen molar-refractivity contribution in [3.05, 3.63) is 0 Å². The molecule has 0 saturated heterocycles. The number of carbonyl (C=O) groups is 1. The minimum absolute atomic E-state index is 0. The van der Waals surface area contributed by atoms with Gasteiger partial charge in [0.15, 0.2) is 0 Å². The van der Waals surface area contributed by atoms with Crippen molar-refractivity contribution in [3.63, 3.8) is 0 Å². The third kappa shape index (κ3) is 55.2. The van der Waals surface area contributed by atoms with Gasteiger partial charge in [0.2, 0.25) is 0 Å². The zero-order valence-corrected chi connectivity index (χ0v) is 3.03.